The number of aromatic nitrogens is 3. The molecule has 2 aromatic heterocycles. The van der Waals surface area contributed by atoms with Gasteiger partial charge in [0.2, 0.25) is 12.4 Å². The summed E-state index contributed by atoms with van der Waals surface area (Å²) in [4.78, 5) is 94.7. The Morgan fingerprint density at radius 1 is 0.937 bits per heavy atom. The van der Waals surface area contributed by atoms with Gasteiger partial charge in [-0.15, -0.1) is 0 Å². The van der Waals surface area contributed by atoms with Crippen LogP contribution in [0.2, 0.25) is 0 Å². The molecule has 3 amide bonds. The lowest BCUT2D eigenvalue weighted by Gasteiger charge is -2.42. The van der Waals surface area contributed by atoms with Crippen LogP contribution >= 0.6 is 0 Å². The van der Waals surface area contributed by atoms with E-state index in [9.17, 15) is 28.8 Å². The third kappa shape index (κ3) is 11.0. The molecule has 5 rings (SSSR count). The maximum atomic E-state index is 13.7. The van der Waals surface area contributed by atoms with Crippen LogP contribution in [0.3, 0.4) is 0 Å². The Labute approximate surface area is 364 Å². The Morgan fingerprint density at radius 2 is 1.63 bits per heavy atom. The molecule has 340 valence electrons. The first-order chi connectivity index (χ1) is 30.0. The first-order valence-electron chi connectivity index (χ1n) is 20.2. The Morgan fingerprint density at radius 3 is 2.30 bits per heavy atom. The number of rotatable bonds is 14. The number of ether oxygens (including phenoxy) is 7. The summed E-state index contributed by atoms with van der Waals surface area (Å²) in [6.07, 6.45) is -1.94. The average Bonchev–Trinajstić information content (AvgIpc) is 3.70. The fourth-order valence-electron chi connectivity index (χ4n) is 7.56. The van der Waals surface area contributed by atoms with Gasteiger partial charge in [0, 0.05) is 73.3 Å². The van der Waals surface area contributed by atoms with Gasteiger partial charge in [0.15, 0.2) is 29.4 Å². The van der Waals surface area contributed by atoms with E-state index in [0.29, 0.717) is 35.5 Å². The van der Waals surface area contributed by atoms with E-state index in [1.165, 1.54) is 61.9 Å². The van der Waals surface area contributed by atoms with Crippen LogP contribution in [0.4, 0.5) is 15.4 Å². The summed E-state index contributed by atoms with van der Waals surface area (Å²) >= 11 is 0. The zero-order valence-electron chi connectivity index (χ0n) is 36.8. The van der Waals surface area contributed by atoms with Crippen molar-refractivity contribution < 1.29 is 61.9 Å². The van der Waals surface area contributed by atoms with Crippen molar-refractivity contribution in [2.75, 3.05) is 73.0 Å². The molecule has 0 unspecified atom stereocenters. The lowest BCUT2D eigenvalue weighted by Crippen LogP contribution is -2.60. The molecule has 1 aromatic carbocycles. The molecule has 0 aliphatic carbocycles. The number of carbonyl (C=O) groups is 6. The number of likely N-dealkylation sites (tertiary alicyclic amines) is 1. The number of amides is 3. The highest BCUT2D eigenvalue weighted by molar-refractivity contribution is 5.95. The molecule has 0 saturated carbocycles. The van der Waals surface area contributed by atoms with E-state index in [0.717, 1.165) is 6.42 Å². The van der Waals surface area contributed by atoms with E-state index in [-0.39, 0.29) is 61.6 Å². The van der Waals surface area contributed by atoms with Crippen molar-refractivity contribution in [2.45, 2.75) is 71.4 Å². The minimum atomic E-state index is -1.43. The summed E-state index contributed by atoms with van der Waals surface area (Å²) in [7, 11) is 7.60. The predicted molar refractivity (Wildman–Crippen MR) is 222 cm³/mol. The molecular weight excluding hydrogens is 825 g/mol. The van der Waals surface area contributed by atoms with Crippen LogP contribution in [-0.2, 0) is 49.5 Å². The normalized spacial score (nSPS) is 21.9. The lowest BCUT2D eigenvalue weighted by molar-refractivity contribution is -0.266. The zero-order chi connectivity index (χ0) is 46.1. The molecule has 7 atom stereocenters. The van der Waals surface area contributed by atoms with Gasteiger partial charge in [-0.05, 0) is 36.1 Å². The first-order valence-corrected chi connectivity index (χ1v) is 20.2. The lowest BCUT2D eigenvalue weighted by atomic mass is 9.90. The number of benzene rings is 1. The number of methoxy groups -OCH3 is 2. The highest BCUT2D eigenvalue weighted by atomic mass is 16.7. The molecule has 63 heavy (non-hydrogen) atoms. The summed E-state index contributed by atoms with van der Waals surface area (Å²) in [5, 5.41) is 0.652. The molecule has 21 nitrogen and oxygen atoms in total. The van der Waals surface area contributed by atoms with E-state index in [1.807, 2.05) is 11.9 Å². The quantitative estimate of drug-likeness (QED) is 0.129. The monoisotopic (exact) mass is 878 g/mol. The predicted octanol–water partition coefficient (Wildman–Crippen LogP) is 2.98. The van der Waals surface area contributed by atoms with Crippen molar-refractivity contribution in [3.63, 3.8) is 0 Å². The van der Waals surface area contributed by atoms with E-state index in [2.05, 4.69) is 21.7 Å². The van der Waals surface area contributed by atoms with Gasteiger partial charge in [-0.2, -0.15) is 0 Å². The third-order valence-corrected chi connectivity index (χ3v) is 11.1. The van der Waals surface area contributed by atoms with Gasteiger partial charge in [-0.25, -0.2) is 30.9 Å². The molecule has 2 fully saturated rings. The number of anilines is 1. The summed E-state index contributed by atoms with van der Waals surface area (Å²) in [5.41, 5.74) is 0.915. The fourth-order valence-corrected chi connectivity index (χ4v) is 7.56. The van der Waals surface area contributed by atoms with Crippen LogP contribution in [0.5, 0.6) is 11.5 Å². The fraction of sp³-hybridized carbons (Fsp3) is 0.548. The summed E-state index contributed by atoms with van der Waals surface area (Å²) < 4.78 is 40.3. The summed E-state index contributed by atoms with van der Waals surface area (Å²) in [6, 6.07) is 5.98. The minimum absolute atomic E-state index is 0.0688. The summed E-state index contributed by atoms with van der Waals surface area (Å²) in [6.45, 7) is 14.1. The van der Waals surface area contributed by atoms with E-state index >= 15 is 0 Å². The van der Waals surface area contributed by atoms with E-state index < -0.39 is 54.5 Å². The van der Waals surface area contributed by atoms with Crippen LogP contribution in [0.25, 0.3) is 15.9 Å². The van der Waals surface area contributed by atoms with Crippen molar-refractivity contribution in [1.82, 2.24) is 29.2 Å². The van der Waals surface area contributed by atoms with E-state index in [4.69, 9.17) is 39.7 Å². The summed E-state index contributed by atoms with van der Waals surface area (Å²) in [5.74, 6) is -1.97. The van der Waals surface area contributed by atoms with Gasteiger partial charge in [0.25, 0.3) is 6.54 Å². The molecule has 4 heterocycles. The SMILES string of the molecule is [C-]#[N+]CC(=O)N1CC[C@@H](C)[C@@H](N(C)c2ncnc3c2ccn3C(=O)N(C)CCN(C)C(=O)OCc2ccc(O[C@@H]3O[C@H](C(=O)OC)[C@@H](C)[C@H](OC(C)=O)[C@H]3OC(C)=O)c(OC)c2)C1. The third-order valence-electron chi connectivity index (χ3n) is 11.1. The molecule has 21 heteroatoms. The number of nitrogens with zero attached hydrogens (tertiary/aromatic N) is 8. The van der Waals surface area contributed by atoms with Crippen LogP contribution in [0.1, 0.15) is 39.7 Å². The maximum Gasteiger partial charge on any atom is 0.409 e. The number of esters is 3. The second-order valence-electron chi connectivity index (χ2n) is 15.5. The molecule has 2 aliphatic heterocycles. The molecular formula is C42H54N8O13. The number of piperidine rings is 1. The van der Waals surface area contributed by atoms with Crippen molar-refractivity contribution >= 4 is 52.8 Å². The van der Waals surface area contributed by atoms with Crippen LogP contribution in [0, 0.1) is 18.4 Å². The molecule has 0 radical (unpaired) electrons. The van der Waals surface area contributed by atoms with Crippen LogP contribution < -0.4 is 14.4 Å². The highest BCUT2D eigenvalue weighted by Crippen LogP contribution is 2.36. The van der Waals surface area contributed by atoms with Crippen molar-refractivity contribution in [3.8, 4) is 11.5 Å². The molecule has 3 aromatic rings. The van der Waals surface area contributed by atoms with Crippen molar-refractivity contribution in [3.05, 3.63) is 53.8 Å². The Hall–Kier alpha value is -6.69. The number of carbonyl (C=O) groups excluding carboxylic acids is 6. The van der Waals surface area contributed by atoms with Gasteiger partial charge in [-0.3, -0.25) is 19.0 Å². The number of likely N-dealkylation sites (N-methyl/N-ethyl adjacent to an activating group) is 3. The van der Waals surface area contributed by atoms with Crippen LogP contribution in [0.15, 0.2) is 36.8 Å². The standard InChI is InChI=1S/C42H54N8O13/c1-24-13-15-49(33(53)20-43-5)21-30(24)48(8)37-29-14-16-50(38(29)45-23-44-37)41(55)46(6)17-18-47(7)42(56)59-22-28-11-12-31(32(19-28)57-9)62-40-36(61-27(4)52)34(60-26(3)51)25(2)35(63-40)39(54)58-10/h11-12,14,16,19,23-25,30,34-36,40H,13,15,17-18,20-22H2,1-4,6-10H3/t24-,25+,30+,34+,35+,36-,40-/m1/s1. The first kappa shape index (κ1) is 47.4. The molecule has 2 saturated heterocycles. The maximum absolute atomic E-state index is 13.7. The van der Waals surface area contributed by atoms with Crippen molar-refractivity contribution in [2.24, 2.45) is 11.8 Å². The van der Waals surface area contributed by atoms with Gasteiger partial charge in [-0.1, -0.05) is 19.9 Å². The second kappa shape index (κ2) is 20.9. The number of fused-ring (bicyclic) bond motifs is 1. The highest BCUT2D eigenvalue weighted by Gasteiger charge is 2.52. The van der Waals surface area contributed by atoms with Gasteiger partial charge >= 0.3 is 35.9 Å². The molecule has 0 bridgehead atoms. The Bertz CT molecular complexity index is 2210. The Balaban J connectivity index is 1.19. The largest absolute Gasteiger partial charge is 0.493 e. The molecule has 2 aliphatic rings. The number of hydrogen-bond donors (Lipinski definition) is 0. The topological polar surface area (TPSA) is 215 Å². The number of hydrogen-bond acceptors (Lipinski definition) is 16. The molecule has 0 N–H and O–H groups in total. The van der Waals surface area contributed by atoms with Gasteiger partial charge < -0.3 is 57.6 Å². The van der Waals surface area contributed by atoms with E-state index in [1.54, 1.807) is 43.3 Å². The van der Waals surface area contributed by atoms with Crippen LogP contribution in [-0.4, -0.2) is 164 Å². The van der Waals surface area contributed by atoms with Gasteiger partial charge in [0.1, 0.15) is 18.8 Å². The Kier molecular flexibility index (Phi) is 15.7. The second-order valence-corrected chi connectivity index (χ2v) is 15.5. The van der Waals surface area contributed by atoms with Crippen molar-refractivity contribution in [1.29, 1.82) is 0 Å². The minimum Gasteiger partial charge on any atom is -0.493 e. The zero-order valence-corrected chi connectivity index (χ0v) is 36.8. The molecule has 0 spiro atoms. The smallest absolute Gasteiger partial charge is 0.409 e. The average molecular weight is 879 g/mol. The van der Waals surface area contributed by atoms with Gasteiger partial charge in [0.05, 0.1) is 25.6 Å².